The highest BCUT2D eigenvalue weighted by Gasteiger charge is 2.42. The molecule has 9 aromatic rings. The fourth-order valence-corrected chi connectivity index (χ4v) is 10.5. The molecule has 276 valence electrons. The zero-order valence-electron chi connectivity index (χ0n) is 34.4. The molecule has 0 saturated carbocycles. The molecule has 0 bridgehead atoms. The van der Waals surface area contributed by atoms with Gasteiger partial charge >= 0.3 is 0 Å². The zero-order valence-corrected chi connectivity index (χ0v) is 34.4. The van der Waals surface area contributed by atoms with Gasteiger partial charge in [-0.2, -0.15) is 0 Å². The van der Waals surface area contributed by atoms with Crippen LogP contribution in [0.1, 0.15) is 103 Å². The van der Waals surface area contributed by atoms with Crippen LogP contribution in [0.5, 0.6) is 0 Å². The summed E-state index contributed by atoms with van der Waals surface area (Å²) >= 11 is 0. The maximum Gasteiger partial charge on any atom is 0.0789 e. The number of hydrogen-bond donors (Lipinski definition) is 0. The van der Waals surface area contributed by atoms with Gasteiger partial charge in [-0.1, -0.05) is 148 Å². The first-order chi connectivity index (χ1) is 26.5. The molecule has 1 aliphatic carbocycles. The van der Waals surface area contributed by atoms with Crippen LogP contribution in [0.25, 0.3) is 76.9 Å². The van der Waals surface area contributed by atoms with Crippen molar-refractivity contribution in [2.24, 2.45) is 0 Å². The number of fused-ring (bicyclic) bond motifs is 13. The van der Waals surface area contributed by atoms with Crippen molar-refractivity contribution in [3.05, 3.63) is 155 Å². The summed E-state index contributed by atoms with van der Waals surface area (Å²) in [6, 6.07) is 47.1. The second-order valence-electron chi connectivity index (χ2n) is 19.9. The van der Waals surface area contributed by atoms with Crippen LogP contribution in [-0.4, -0.2) is 9.13 Å². The van der Waals surface area contributed by atoms with E-state index in [-0.39, 0.29) is 21.7 Å². The van der Waals surface area contributed by atoms with Crippen LogP contribution in [0.4, 0.5) is 0 Å². The van der Waals surface area contributed by atoms with Gasteiger partial charge < -0.3 is 9.13 Å². The Labute approximate surface area is 330 Å². The van der Waals surface area contributed by atoms with E-state index in [2.05, 4.69) is 200 Å². The summed E-state index contributed by atoms with van der Waals surface area (Å²) in [6.45, 7) is 23.8. The van der Waals surface area contributed by atoms with Gasteiger partial charge in [-0.3, -0.25) is 0 Å². The molecular formula is C54H50N2. The highest BCUT2D eigenvalue weighted by Crippen LogP contribution is 2.56. The Balaban J connectivity index is 1.37. The first kappa shape index (κ1) is 33.7. The van der Waals surface area contributed by atoms with Gasteiger partial charge in [0.15, 0.2) is 0 Å². The zero-order chi connectivity index (χ0) is 38.8. The Morgan fingerprint density at radius 3 is 1.80 bits per heavy atom. The van der Waals surface area contributed by atoms with Crippen LogP contribution >= 0.6 is 0 Å². The summed E-state index contributed by atoms with van der Waals surface area (Å²) in [5.74, 6) is 0. The molecule has 0 unspecified atom stereocenters. The third kappa shape index (κ3) is 4.28. The maximum atomic E-state index is 2.69. The van der Waals surface area contributed by atoms with Crippen LogP contribution in [0.2, 0.25) is 0 Å². The molecule has 3 heterocycles. The topological polar surface area (TPSA) is 9.86 Å². The molecular weight excluding hydrogens is 677 g/mol. The molecule has 1 aliphatic heterocycles. The van der Waals surface area contributed by atoms with Gasteiger partial charge in [-0.05, 0) is 109 Å². The molecule has 0 N–H and O–H groups in total. The van der Waals surface area contributed by atoms with E-state index in [0.29, 0.717) is 0 Å². The molecule has 0 radical (unpaired) electrons. The average molecular weight is 727 g/mol. The van der Waals surface area contributed by atoms with E-state index in [1.54, 1.807) is 0 Å². The Morgan fingerprint density at radius 1 is 0.411 bits per heavy atom. The van der Waals surface area contributed by atoms with Crippen LogP contribution in [0.3, 0.4) is 0 Å². The van der Waals surface area contributed by atoms with E-state index in [0.717, 1.165) is 0 Å². The number of benzene rings is 7. The highest BCUT2D eigenvalue weighted by atomic mass is 15.1. The van der Waals surface area contributed by atoms with Crippen LogP contribution in [0, 0.1) is 0 Å². The molecule has 2 heteroatoms. The molecule has 0 amide bonds. The second kappa shape index (κ2) is 10.6. The predicted octanol–water partition coefficient (Wildman–Crippen LogP) is 14.6. The number of rotatable bonds is 1. The van der Waals surface area contributed by atoms with E-state index in [1.807, 2.05) is 0 Å². The summed E-state index contributed by atoms with van der Waals surface area (Å²) in [5.41, 5.74) is 18.4. The third-order valence-corrected chi connectivity index (χ3v) is 13.8. The van der Waals surface area contributed by atoms with Crippen LogP contribution in [-0.2, 0) is 21.7 Å². The Bertz CT molecular complexity index is 3200. The van der Waals surface area contributed by atoms with E-state index in [9.17, 15) is 0 Å². The van der Waals surface area contributed by atoms with Gasteiger partial charge in [0.2, 0.25) is 0 Å². The van der Waals surface area contributed by atoms with Gasteiger partial charge in [0.25, 0.3) is 0 Å². The molecule has 2 aromatic heterocycles. The SMILES string of the molecule is CC(C)(C)c1ccc2c(c1)c1ccc3c4cc(C(C)(C)C)cc5c4n(c3c1n2-c1ccc2ccccc2c1)-c1cc2c(cc1C5(C)C)-c1ccccc1C2(C)C. The maximum absolute atomic E-state index is 2.69. The highest BCUT2D eigenvalue weighted by molar-refractivity contribution is 6.25. The van der Waals surface area contributed by atoms with Gasteiger partial charge in [0.1, 0.15) is 0 Å². The fourth-order valence-electron chi connectivity index (χ4n) is 10.5. The quantitative estimate of drug-likeness (QED) is 0.159. The summed E-state index contributed by atoms with van der Waals surface area (Å²) in [5, 5.41) is 7.77. The lowest BCUT2D eigenvalue weighted by Gasteiger charge is -2.37. The van der Waals surface area contributed by atoms with Crippen molar-refractivity contribution >= 4 is 54.4 Å². The molecule has 2 aliphatic rings. The number of nitrogens with zero attached hydrogens (tertiary/aromatic N) is 2. The summed E-state index contributed by atoms with van der Waals surface area (Å²) in [4.78, 5) is 0. The average Bonchev–Trinajstić information content (AvgIpc) is 3.75. The van der Waals surface area contributed by atoms with Crippen LogP contribution < -0.4 is 0 Å². The second-order valence-corrected chi connectivity index (χ2v) is 19.9. The van der Waals surface area contributed by atoms with Gasteiger partial charge in [0.05, 0.1) is 27.8 Å². The van der Waals surface area contributed by atoms with Crippen LogP contribution in [0.15, 0.2) is 121 Å². The van der Waals surface area contributed by atoms with E-state index >= 15 is 0 Å². The third-order valence-electron chi connectivity index (χ3n) is 13.8. The number of aromatic nitrogens is 2. The van der Waals surface area contributed by atoms with Crippen molar-refractivity contribution in [3.63, 3.8) is 0 Å². The Hall–Kier alpha value is -5.60. The minimum Gasteiger partial charge on any atom is -0.307 e. The van der Waals surface area contributed by atoms with Gasteiger partial charge in [-0.15, -0.1) is 0 Å². The summed E-state index contributed by atoms with van der Waals surface area (Å²) in [6.07, 6.45) is 0. The standard InChI is InChI=1S/C54H50N2/c1-51(2,3)33-20-24-46-40(26-33)37-22-23-38-41-27-34(52(4,5)6)28-45-48(41)56(50(38)49(37)55(46)35-21-19-31-15-11-12-16-32(31)25-35)47-30-43-39(29-44(47)54(45,9)10)36-17-13-14-18-42(36)53(43,7)8/h11-30H,1-10H3. The van der Waals surface area contributed by atoms with E-state index in [1.165, 1.54) is 110 Å². The van der Waals surface area contributed by atoms with Crippen molar-refractivity contribution < 1.29 is 0 Å². The molecule has 0 saturated heterocycles. The smallest absolute Gasteiger partial charge is 0.0789 e. The Kier molecular flexibility index (Phi) is 6.39. The molecule has 0 spiro atoms. The summed E-state index contributed by atoms with van der Waals surface area (Å²) < 4.78 is 5.26. The number of hydrogen-bond acceptors (Lipinski definition) is 0. The molecule has 56 heavy (non-hydrogen) atoms. The first-order valence-corrected chi connectivity index (χ1v) is 20.4. The predicted molar refractivity (Wildman–Crippen MR) is 240 cm³/mol. The van der Waals surface area contributed by atoms with Gasteiger partial charge in [0, 0.05) is 38.1 Å². The van der Waals surface area contributed by atoms with Crippen molar-refractivity contribution in [1.82, 2.24) is 9.13 Å². The van der Waals surface area contributed by atoms with E-state index in [4.69, 9.17) is 0 Å². The van der Waals surface area contributed by atoms with Crippen molar-refractivity contribution in [1.29, 1.82) is 0 Å². The molecule has 2 nitrogen and oxygen atoms in total. The normalized spacial score (nSPS) is 15.6. The molecule has 0 atom stereocenters. The largest absolute Gasteiger partial charge is 0.307 e. The first-order valence-electron chi connectivity index (χ1n) is 20.4. The Morgan fingerprint density at radius 2 is 1.05 bits per heavy atom. The molecule has 7 aromatic carbocycles. The molecule has 11 rings (SSSR count). The molecule has 0 fully saturated rings. The van der Waals surface area contributed by atoms with E-state index < -0.39 is 0 Å². The minimum absolute atomic E-state index is 0.0101. The van der Waals surface area contributed by atoms with Crippen molar-refractivity contribution in [3.8, 4) is 22.5 Å². The lowest BCUT2D eigenvalue weighted by atomic mass is 9.71. The lowest BCUT2D eigenvalue weighted by molar-refractivity contribution is 0.581. The van der Waals surface area contributed by atoms with Crippen molar-refractivity contribution in [2.45, 2.75) is 90.9 Å². The lowest BCUT2D eigenvalue weighted by Crippen LogP contribution is -2.28. The van der Waals surface area contributed by atoms with Gasteiger partial charge in [-0.25, -0.2) is 0 Å². The van der Waals surface area contributed by atoms with Crippen molar-refractivity contribution in [2.75, 3.05) is 0 Å². The summed E-state index contributed by atoms with van der Waals surface area (Å²) in [7, 11) is 0. The monoisotopic (exact) mass is 726 g/mol. The minimum atomic E-state index is -0.221. The fraction of sp³-hybridized carbons (Fsp3) is 0.259.